The van der Waals surface area contributed by atoms with E-state index in [4.69, 9.17) is 19.6 Å². The van der Waals surface area contributed by atoms with Crippen molar-refractivity contribution in [2.75, 3.05) is 0 Å². The van der Waals surface area contributed by atoms with Gasteiger partial charge in [0.1, 0.15) is 0 Å². The van der Waals surface area contributed by atoms with Crippen molar-refractivity contribution in [3.05, 3.63) is 0 Å². The molecule has 4 nitrogen and oxygen atoms in total. The lowest BCUT2D eigenvalue weighted by Crippen LogP contribution is -2.35. The minimum absolute atomic E-state index is 0.0109. The SMILES string of the molecule is CCCC(OOC(C)(C)C#CC(C)(C)OOC(CCC)C(C)(C)C)C(C)(C)C. The molecule has 0 aliphatic rings. The van der Waals surface area contributed by atoms with Gasteiger partial charge >= 0.3 is 0 Å². The van der Waals surface area contributed by atoms with E-state index in [2.05, 4.69) is 67.2 Å². The van der Waals surface area contributed by atoms with Crippen molar-refractivity contribution in [3.63, 3.8) is 0 Å². The fraction of sp³-hybridized carbons (Fsp3) is 0.917. The highest BCUT2D eigenvalue weighted by molar-refractivity contribution is 5.17. The molecule has 0 saturated carbocycles. The van der Waals surface area contributed by atoms with Gasteiger partial charge in [-0.25, -0.2) is 19.6 Å². The smallest absolute Gasteiger partial charge is 0.158 e. The second kappa shape index (κ2) is 11.0. The molecule has 0 radical (unpaired) electrons. The maximum absolute atomic E-state index is 5.78. The van der Waals surface area contributed by atoms with Crippen molar-refractivity contribution < 1.29 is 19.6 Å². The maximum atomic E-state index is 5.78. The molecule has 0 fully saturated rings. The third-order valence-corrected chi connectivity index (χ3v) is 4.44. The van der Waals surface area contributed by atoms with Gasteiger partial charge in [0.15, 0.2) is 11.2 Å². The molecule has 2 unspecified atom stereocenters. The van der Waals surface area contributed by atoms with Gasteiger partial charge in [0.2, 0.25) is 0 Å². The van der Waals surface area contributed by atoms with E-state index in [1.165, 1.54) is 0 Å². The predicted octanol–water partition coefficient (Wildman–Crippen LogP) is 6.87. The van der Waals surface area contributed by atoms with Gasteiger partial charge < -0.3 is 0 Å². The van der Waals surface area contributed by atoms with E-state index in [1.54, 1.807) is 0 Å². The van der Waals surface area contributed by atoms with Crippen LogP contribution in [0.3, 0.4) is 0 Å². The summed E-state index contributed by atoms with van der Waals surface area (Å²) in [6, 6.07) is 0. The summed E-state index contributed by atoms with van der Waals surface area (Å²) in [4.78, 5) is 23.0. The highest BCUT2D eigenvalue weighted by Gasteiger charge is 2.30. The minimum Gasteiger partial charge on any atom is -0.231 e. The molecule has 0 aromatic carbocycles. The topological polar surface area (TPSA) is 36.9 Å². The highest BCUT2D eigenvalue weighted by Crippen LogP contribution is 2.29. The predicted molar refractivity (Wildman–Crippen MR) is 117 cm³/mol. The lowest BCUT2D eigenvalue weighted by atomic mass is 9.87. The molecular formula is C24H46O4. The van der Waals surface area contributed by atoms with Crippen molar-refractivity contribution in [3.8, 4) is 11.8 Å². The molecule has 0 N–H and O–H groups in total. The number of hydrogen-bond acceptors (Lipinski definition) is 4. The van der Waals surface area contributed by atoms with E-state index in [1.807, 2.05) is 27.7 Å². The van der Waals surface area contributed by atoms with Gasteiger partial charge in [-0.1, -0.05) is 80.1 Å². The molecule has 0 saturated heterocycles. The standard InChI is InChI=1S/C24H46O4/c1-13-15-19(21(3,4)5)25-27-23(9,10)17-18-24(11,12)28-26-20(16-14-2)22(6,7)8/h19-20H,13-16H2,1-12H3. The summed E-state index contributed by atoms with van der Waals surface area (Å²) < 4.78 is 0. The number of rotatable bonds is 10. The Morgan fingerprint density at radius 1 is 0.571 bits per heavy atom. The molecule has 2 atom stereocenters. The third-order valence-electron chi connectivity index (χ3n) is 4.44. The van der Waals surface area contributed by atoms with Crippen LogP contribution in [-0.2, 0) is 19.6 Å². The van der Waals surface area contributed by atoms with Crippen LogP contribution in [0.15, 0.2) is 0 Å². The first-order chi connectivity index (χ1) is 12.5. The fourth-order valence-electron chi connectivity index (χ4n) is 2.47. The zero-order valence-electron chi connectivity index (χ0n) is 20.6. The lowest BCUT2D eigenvalue weighted by Gasteiger charge is -2.32. The summed E-state index contributed by atoms with van der Waals surface area (Å²) in [7, 11) is 0. The molecule has 28 heavy (non-hydrogen) atoms. The Bertz CT molecular complexity index is 453. The summed E-state index contributed by atoms with van der Waals surface area (Å²) in [5, 5.41) is 0. The highest BCUT2D eigenvalue weighted by atomic mass is 17.2. The van der Waals surface area contributed by atoms with Crippen LogP contribution >= 0.6 is 0 Å². The van der Waals surface area contributed by atoms with Crippen LogP contribution in [0.25, 0.3) is 0 Å². The van der Waals surface area contributed by atoms with Crippen molar-refractivity contribution in [2.45, 2.75) is 132 Å². The third kappa shape index (κ3) is 11.4. The molecule has 0 bridgehead atoms. The molecule has 0 aliphatic heterocycles. The lowest BCUT2D eigenvalue weighted by molar-refractivity contribution is -0.380. The van der Waals surface area contributed by atoms with Crippen molar-refractivity contribution >= 4 is 0 Å². The molecule has 0 amide bonds. The van der Waals surface area contributed by atoms with Crippen LogP contribution < -0.4 is 0 Å². The second-order valence-electron chi connectivity index (χ2n) is 10.9. The van der Waals surface area contributed by atoms with Crippen molar-refractivity contribution in [2.24, 2.45) is 10.8 Å². The Kier molecular flexibility index (Phi) is 10.7. The summed E-state index contributed by atoms with van der Waals surface area (Å²) in [5.41, 5.74) is -1.47. The molecule has 0 rings (SSSR count). The van der Waals surface area contributed by atoms with Gasteiger partial charge in [-0.2, -0.15) is 0 Å². The first-order valence-electron chi connectivity index (χ1n) is 10.8. The average Bonchev–Trinajstić information content (AvgIpc) is 2.51. The minimum atomic E-state index is -0.745. The first-order valence-corrected chi connectivity index (χ1v) is 10.8. The Morgan fingerprint density at radius 2 is 0.857 bits per heavy atom. The summed E-state index contributed by atoms with van der Waals surface area (Å²) in [6.07, 6.45) is 4.02. The van der Waals surface area contributed by atoms with Crippen molar-refractivity contribution in [1.82, 2.24) is 0 Å². The first kappa shape index (κ1) is 27.4. The van der Waals surface area contributed by atoms with Gasteiger partial charge in [0.05, 0.1) is 12.2 Å². The van der Waals surface area contributed by atoms with Crippen LogP contribution in [0.1, 0.15) is 109 Å². The van der Waals surface area contributed by atoms with Crippen LogP contribution in [0.5, 0.6) is 0 Å². The second-order valence-corrected chi connectivity index (χ2v) is 10.9. The van der Waals surface area contributed by atoms with E-state index >= 15 is 0 Å². The van der Waals surface area contributed by atoms with E-state index in [0.29, 0.717) is 0 Å². The van der Waals surface area contributed by atoms with Gasteiger partial charge in [-0.3, -0.25) is 0 Å². The van der Waals surface area contributed by atoms with Gasteiger partial charge in [-0.15, -0.1) is 0 Å². The Balaban J connectivity index is 4.94. The molecule has 0 heterocycles. The van der Waals surface area contributed by atoms with Crippen LogP contribution in [0, 0.1) is 22.7 Å². The quantitative estimate of drug-likeness (QED) is 0.228. The zero-order chi connectivity index (χ0) is 22.2. The Hall–Kier alpha value is -0.600. The molecule has 0 aromatic heterocycles. The van der Waals surface area contributed by atoms with Gasteiger partial charge in [0.25, 0.3) is 0 Å². The summed E-state index contributed by atoms with van der Waals surface area (Å²) in [6.45, 7) is 24.8. The summed E-state index contributed by atoms with van der Waals surface area (Å²) in [5.74, 6) is 6.28. The van der Waals surface area contributed by atoms with Crippen LogP contribution in [0.4, 0.5) is 0 Å². The zero-order valence-corrected chi connectivity index (χ0v) is 20.6. The largest absolute Gasteiger partial charge is 0.231 e. The van der Waals surface area contributed by atoms with Gasteiger partial charge in [0, 0.05) is 0 Å². The molecule has 0 aliphatic carbocycles. The maximum Gasteiger partial charge on any atom is 0.158 e. The Morgan fingerprint density at radius 3 is 1.07 bits per heavy atom. The van der Waals surface area contributed by atoms with E-state index in [0.717, 1.165) is 25.7 Å². The summed E-state index contributed by atoms with van der Waals surface area (Å²) >= 11 is 0. The normalized spacial score (nSPS) is 15.7. The number of hydrogen-bond donors (Lipinski definition) is 0. The molecule has 166 valence electrons. The van der Waals surface area contributed by atoms with Gasteiger partial charge in [-0.05, 0) is 51.4 Å². The Labute approximate surface area is 174 Å². The van der Waals surface area contributed by atoms with E-state index < -0.39 is 11.2 Å². The molecule has 0 aromatic rings. The van der Waals surface area contributed by atoms with E-state index in [9.17, 15) is 0 Å². The molecule has 4 heteroatoms. The van der Waals surface area contributed by atoms with E-state index in [-0.39, 0.29) is 23.0 Å². The van der Waals surface area contributed by atoms with Crippen LogP contribution in [0.2, 0.25) is 0 Å². The molecule has 0 spiro atoms. The van der Waals surface area contributed by atoms with Crippen molar-refractivity contribution in [1.29, 1.82) is 0 Å². The molecular weight excluding hydrogens is 352 g/mol. The fourth-order valence-corrected chi connectivity index (χ4v) is 2.47. The van der Waals surface area contributed by atoms with Crippen LogP contribution in [-0.4, -0.2) is 23.4 Å². The average molecular weight is 399 g/mol. The monoisotopic (exact) mass is 398 g/mol.